The van der Waals surface area contributed by atoms with Crippen LogP contribution in [0.4, 0.5) is 0 Å². The molecule has 2 aliphatic heterocycles. The van der Waals surface area contributed by atoms with Crippen LogP contribution < -0.4 is 0 Å². The van der Waals surface area contributed by atoms with E-state index in [9.17, 15) is 35.7 Å². The van der Waals surface area contributed by atoms with Crippen LogP contribution in [0.5, 0.6) is 0 Å². The summed E-state index contributed by atoms with van der Waals surface area (Å²) in [5, 5.41) is 71.0. The van der Waals surface area contributed by atoms with E-state index in [1.165, 1.54) is 0 Å². The average Bonchev–Trinajstić information content (AvgIpc) is 3.20. The molecule has 0 spiro atoms. The van der Waals surface area contributed by atoms with Gasteiger partial charge in [-0.1, -0.05) is 20.8 Å². The van der Waals surface area contributed by atoms with Crippen molar-refractivity contribution in [2.75, 3.05) is 19.8 Å². The van der Waals surface area contributed by atoms with Crippen molar-refractivity contribution < 1.29 is 54.7 Å². The molecule has 2 saturated heterocycles. The van der Waals surface area contributed by atoms with E-state index in [1.54, 1.807) is 0 Å². The molecule has 2 saturated carbocycles. The van der Waals surface area contributed by atoms with Gasteiger partial charge in [-0.3, -0.25) is 0 Å². The zero-order valence-electron chi connectivity index (χ0n) is 18.6. The lowest BCUT2D eigenvalue weighted by atomic mass is 9.70. The van der Waals surface area contributed by atoms with Crippen LogP contribution >= 0.6 is 0 Å². The predicted molar refractivity (Wildman–Crippen MR) is 106 cm³/mol. The second-order valence-electron chi connectivity index (χ2n) is 10.6. The Labute approximate surface area is 186 Å². The molecule has 0 aromatic heterocycles. The van der Waals surface area contributed by atoms with Crippen LogP contribution in [-0.2, 0) is 18.9 Å². The molecule has 2 bridgehead atoms. The highest BCUT2D eigenvalue weighted by molar-refractivity contribution is 5.15. The normalized spacial score (nSPS) is 54.9. The van der Waals surface area contributed by atoms with Gasteiger partial charge >= 0.3 is 0 Å². The summed E-state index contributed by atoms with van der Waals surface area (Å²) in [7, 11) is 0. The topological polar surface area (TPSA) is 179 Å². The fraction of sp³-hybridized carbons (Fsp3) is 1.00. The first kappa shape index (κ1) is 24.7. The third-order valence-electron chi connectivity index (χ3n) is 8.67. The van der Waals surface area contributed by atoms with Crippen LogP contribution in [0.3, 0.4) is 0 Å². The number of hydrogen-bond acceptors (Lipinski definition) is 11. The minimum atomic E-state index is -1.92. The zero-order valence-corrected chi connectivity index (χ0v) is 18.6. The van der Waals surface area contributed by atoms with E-state index in [2.05, 4.69) is 13.8 Å². The van der Waals surface area contributed by atoms with Gasteiger partial charge in [0.05, 0.1) is 32.0 Å². The van der Waals surface area contributed by atoms with Gasteiger partial charge in [-0.2, -0.15) is 0 Å². The lowest BCUT2D eigenvalue weighted by Crippen LogP contribution is -2.62. The maximum absolute atomic E-state index is 10.7. The van der Waals surface area contributed by atoms with Crippen molar-refractivity contribution in [3.63, 3.8) is 0 Å². The van der Waals surface area contributed by atoms with Crippen LogP contribution in [0, 0.1) is 16.7 Å². The molecule has 0 aromatic rings. The maximum atomic E-state index is 10.7. The molecule has 12 atom stereocenters. The van der Waals surface area contributed by atoms with E-state index >= 15 is 0 Å². The SMILES string of the molecule is CC1(C)C2CC(OC3OC(CO)C(O)C(O)C3OC3OCC(O)(CO)C3O)C1(C)CC2O. The highest BCUT2D eigenvalue weighted by Crippen LogP contribution is 2.66. The molecular weight excluding hydrogens is 428 g/mol. The first-order chi connectivity index (χ1) is 14.9. The minimum Gasteiger partial charge on any atom is -0.394 e. The molecule has 0 amide bonds. The number of aliphatic hydroxyl groups is 7. The molecule has 4 rings (SSSR count). The first-order valence-corrected chi connectivity index (χ1v) is 11.1. The van der Waals surface area contributed by atoms with Crippen LogP contribution in [0.2, 0.25) is 0 Å². The molecule has 0 radical (unpaired) electrons. The van der Waals surface area contributed by atoms with Crippen molar-refractivity contribution >= 4 is 0 Å². The van der Waals surface area contributed by atoms with Crippen molar-refractivity contribution in [3.8, 4) is 0 Å². The van der Waals surface area contributed by atoms with Crippen molar-refractivity contribution in [1.29, 1.82) is 0 Å². The van der Waals surface area contributed by atoms with Gasteiger partial charge in [0.15, 0.2) is 12.6 Å². The zero-order chi connectivity index (χ0) is 23.6. The van der Waals surface area contributed by atoms with E-state index in [1.807, 2.05) is 6.92 Å². The Kier molecular flexibility index (Phi) is 6.44. The molecule has 11 heteroatoms. The van der Waals surface area contributed by atoms with E-state index in [4.69, 9.17) is 18.9 Å². The van der Waals surface area contributed by atoms with Gasteiger partial charge in [0.25, 0.3) is 0 Å². The Morgan fingerprint density at radius 1 is 0.969 bits per heavy atom. The summed E-state index contributed by atoms with van der Waals surface area (Å²) in [6.45, 7) is 4.49. The summed E-state index contributed by atoms with van der Waals surface area (Å²) in [5.41, 5.74) is -2.52. The smallest absolute Gasteiger partial charge is 0.187 e. The first-order valence-electron chi connectivity index (χ1n) is 11.1. The Bertz CT molecular complexity index is 691. The number of rotatable bonds is 6. The van der Waals surface area contributed by atoms with E-state index in [0.29, 0.717) is 12.8 Å². The van der Waals surface area contributed by atoms with Crippen LogP contribution in [0.15, 0.2) is 0 Å². The Hall–Kier alpha value is -0.440. The third kappa shape index (κ3) is 3.54. The lowest BCUT2D eigenvalue weighted by Gasteiger charge is -2.46. The molecule has 4 fully saturated rings. The molecule has 32 heavy (non-hydrogen) atoms. The molecule has 2 heterocycles. The summed E-state index contributed by atoms with van der Waals surface area (Å²) in [6, 6.07) is 0. The van der Waals surface area contributed by atoms with E-state index in [0.717, 1.165) is 0 Å². The number of hydrogen-bond donors (Lipinski definition) is 7. The van der Waals surface area contributed by atoms with Crippen molar-refractivity contribution in [3.05, 3.63) is 0 Å². The molecule has 2 aliphatic carbocycles. The summed E-state index contributed by atoms with van der Waals surface area (Å²) >= 11 is 0. The van der Waals surface area contributed by atoms with Crippen molar-refractivity contribution in [1.82, 2.24) is 0 Å². The summed E-state index contributed by atoms with van der Waals surface area (Å²) in [6.07, 6.45) is -9.41. The average molecular weight is 465 g/mol. The molecule has 186 valence electrons. The summed E-state index contributed by atoms with van der Waals surface area (Å²) < 4.78 is 23.0. The van der Waals surface area contributed by atoms with Crippen LogP contribution in [0.25, 0.3) is 0 Å². The lowest BCUT2D eigenvalue weighted by molar-refractivity contribution is -0.349. The number of fused-ring (bicyclic) bond motifs is 2. The number of aliphatic hydroxyl groups excluding tert-OH is 6. The Morgan fingerprint density at radius 3 is 2.16 bits per heavy atom. The van der Waals surface area contributed by atoms with Gasteiger partial charge in [0.1, 0.15) is 36.1 Å². The Morgan fingerprint density at radius 2 is 1.66 bits per heavy atom. The highest BCUT2D eigenvalue weighted by Gasteiger charge is 2.66. The van der Waals surface area contributed by atoms with Gasteiger partial charge < -0.3 is 54.7 Å². The van der Waals surface area contributed by atoms with Crippen molar-refractivity contribution in [2.24, 2.45) is 16.7 Å². The van der Waals surface area contributed by atoms with Crippen LogP contribution in [0.1, 0.15) is 33.6 Å². The maximum Gasteiger partial charge on any atom is 0.187 e. The second kappa shape index (κ2) is 8.35. The van der Waals surface area contributed by atoms with Crippen LogP contribution in [-0.4, -0.2) is 116 Å². The van der Waals surface area contributed by atoms with Gasteiger partial charge in [0, 0.05) is 5.41 Å². The predicted octanol–water partition coefficient (Wildman–Crippen LogP) is -2.55. The monoisotopic (exact) mass is 464 g/mol. The largest absolute Gasteiger partial charge is 0.394 e. The van der Waals surface area contributed by atoms with Gasteiger partial charge in [-0.25, -0.2) is 0 Å². The van der Waals surface area contributed by atoms with E-state index in [-0.39, 0.29) is 29.5 Å². The molecular formula is C21H36O11. The molecule has 0 aromatic carbocycles. The quantitative estimate of drug-likeness (QED) is 0.220. The third-order valence-corrected chi connectivity index (χ3v) is 8.67. The molecule has 4 aliphatic rings. The van der Waals surface area contributed by atoms with Gasteiger partial charge in [-0.05, 0) is 24.2 Å². The van der Waals surface area contributed by atoms with Gasteiger partial charge in [0.2, 0.25) is 0 Å². The standard InChI is InChI=1S/C21H36O11/c1-19(2)9-4-12(20(19,3)5-10(9)24)31-17-15(14(26)13(25)11(6-22)30-17)32-18-16(27)21(28,7-23)8-29-18/h9-18,22-28H,4-8H2,1-3H3. The minimum absolute atomic E-state index is 0.0177. The fourth-order valence-corrected chi connectivity index (χ4v) is 5.98. The molecule has 7 N–H and O–H groups in total. The Balaban J connectivity index is 1.55. The summed E-state index contributed by atoms with van der Waals surface area (Å²) in [5.74, 6) is 0.0177. The number of ether oxygens (including phenoxy) is 4. The van der Waals surface area contributed by atoms with E-state index < -0.39 is 68.0 Å². The highest BCUT2D eigenvalue weighted by atomic mass is 16.8. The molecule has 12 unspecified atom stereocenters. The summed E-state index contributed by atoms with van der Waals surface area (Å²) in [4.78, 5) is 0. The van der Waals surface area contributed by atoms with Gasteiger partial charge in [-0.15, -0.1) is 0 Å². The molecule has 11 nitrogen and oxygen atoms in total. The second-order valence-corrected chi connectivity index (χ2v) is 10.6. The van der Waals surface area contributed by atoms with Crippen molar-refractivity contribution in [2.45, 2.75) is 94.5 Å². The fourth-order valence-electron chi connectivity index (χ4n) is 5.98.